The van der Waals surface area contributed by atoms with Crippen LogP contribution in [-0.4, -0.2) is 29.7 Å². The molecule has 3 rings (SSSR count). The SMILES string of the molecule is CC(C)c1nc(CS(=O)CCn2cnc3ccccc3c2=O)no1. The largest absolute Gasteiger partial charge is 0.339 e. The zero-order valence-corrected chi connectivity index (χ0v) is 14.3. The summed E-state index contributed by atoms with van der Waals surface area (Å²) in [5.41, 5.74) is 0.534. The van der Waals surface area contributed by atoms with Crippen LogP contribution in [0, 0.1) is 0 Å². The van der Waals surface area contributed by atoms with E-state index in [1.165, 1.54) is 10.9 Å². The second kappa shape index (κ2) is 7.04. The van der Waals surface area contributed by atoms with Crippen LogP contribution in [0.25, 0.3) is 10.9 Å². The first-order chi connectivity index (χ1) is 11.5. The highest BCUT2D eigenvalue weighted by molar-refractivity contribution is 7.84. The highest BCUT2D eigenvalue weighted by Gasteiger charge is 2.13. The molecule has 1 atom stereocenters. The molecular formula is C16H18N4O3S. The van der Waals surface area contributed by atoms with E-state index in [9.17, 15) is 9.00 Å². The van der Waals surface area contributed by atoms with Gasteiger partial charge < -0.3 is 4.52 Å². The predicted octanol–water partition coefficient (Wildman–Crippen LogP) is 1.85. The van der Waals surface area contributed by atoms with Crippen molar-refractivity contribution in [3.8, 4) is 0 Å². The Balaban J connectivity index is 1.66. The molecule has 1 unspecified atom stereocenters. The molecule has 126 valence electrons. The fourth-order valence-electron chi connectivity index (χ4n) is 2.24. The summed E-state index contributed by atoms with van der Waals surface area (Å²) in [6, 6.07) is 7.17. The lowest BCUT2D eigenvalue weighted by Gasteiger charge is -2.05. The van der Waals surface area contributed by atoms with Gasteiger partial charge in [0.2, 0.25) is 5.89 Å². The van der Waals surface area contributed by atoms with Gasteiger partial charge in [-0.1, -0.05) is 31.1 Å². The lowest BCUT2D eigenvalue weighted by Crippen LogP contribution is -2.23. The zero-order chi connectivity index (χ0) is 17.1. The molecule has 0 aliphatic heterocycles. The molecule has 0 aliphatic rings. The summed E-state index contributed by atoms with van der Waals surface area (Å²) in [6.07, 6.45) is 1.49. The Morgan fingerprint density at radius 3 is 2.83 bits per heavy atom. The third kappa shape index (κ3) is 3.59. The fourth-order valence-corrected chi connectivity index (χ4v) is 3.19. The second-order valence-electron chi connectivity index (χ2n) is 5.75. The minimum atomic E-state index is -1.19. The molecule has 2 aromatic heterocycles. The molecule has 0 aliphatic carbocycles. The molecule has 0 N–H and O–H groups in total. The van der Waals surface area contributed by atoms with Crippen LogP contribution in [0.3, 0.4) is 0 Å². The Bertz CT molecular complexity index is 932. The zero-order valence-electron chi connectivity index (χ0n) is 13.5. The lowest BCUT2D eigenvalue weighted by atomic mass is 10.2. The minimum absolute atomic E-state index is 0.126. The van der Waals surface area contributed by atoms with Gasteiger partial charge in [0.1, 0.15) is 0 Å². The molecule has 8 heteroatoms. The number of aryl methyl sites for hydroxylation is 1. The first-order valence-electron chi connectivity index (χ1n) is 7.66. The van der Waals surface area contributed by atoms with Crippen LogP contribution >= 0.6 is 0 Å². The van der Waals surface area contributed by atoms with E-state index in [-0.39, 0.29) is 17.2 Å². The third-order valence-electron chi connectivity index (χ3n) is 3.56. The number of nitrogens with zero attached hydrogens (tertiary/aromatic N) is 4. The summed E-state index contributed by atoms with van der Waals surface area (Å²) in [6.45, 7) is 4.24. The van der Waals surface area contributed by atoms with Crippen molar-refractivity contribution >= 4 is 21.7 Å². The molecule has 24 heavy (non-hydrogen) atoms. The average Bonchev–Trinajstić information content (AvgIpc) is 3.03. The van der Waals surface area contributed by atoms with Gasteiger partial charge in [-0.25, -0.2) is 4.98 Å². The van der Waals surface area contributed by atoms with E-state index in [1.807, 2.05) is 19.9 Å². The van der Waals surface area contributed by atoms with Gasteiger partial charge in [0.05, 0.1) is 23.0 Å². The Morgan fingerprint density at radius 1 is 1.29 bits per heavy atom. The van der Waals surface area contributed by atoms with Gasteiger partial charge in [-0.15, -0.1) is 0 Å². The van der Waals surface area contributed by atoms with Crippen molar-refractivity contribution in [3.05, 3.63) is 52.7 Å². The van der Waals surface area contributed by atoms with E-state index in [0.29, 0.717) is 34.9 Å². The molecular weight excluding hydrogens is 328 g/mol. The van der Waals surface area contributed by atoms with E-state index in [0.717, 1.165) is 0 Å². The molecule has 0 spiro atoms. The molecule has 2 heterocycles. The van der Waals surface area contributed by atoms with Crippen LogP contribution in [0.15, 0.2) is 39.9 Å². The van der Waals surface area contributed by atoms with Gasteiger partial charge >= 0.3 is 0 Å². The van der Waals surface area contributed by atoms with Crippen molar-refractivity contribution < 1.29 is 8.73 Å². The lowest BCUT2D eigenvalue weighted by molar-refractivity contribution is 0.362. The van der Waals surface area contributed by atoms with Crippen LogP contribution in [0.2, 0.25) is 0 Å². The summed E-state index contributed by atoms with van der Waals surface area (Å²) < 4.78 is 18.8. The molecule has 7 nitrogen and oxygen atoms in total. The van der Waals surface area contributed by atoms with E-state index >= 15 is 0 Å². The van der Waals surface area contributed by atoms with Crippen LogP contribution in [-0.2, 0) is 23.1 Å². The van der Waals surface area contributed by atoms with Gasteiger partial charge in [-0.3, -0.25) is 13.6 Å². The molecule has 0 bridgehead atoms. The highest BCUT2D eigenvalue weighted by atomic mass is 32.2. The summed E-state index contributed by atoms with van der Waals surface area (Å²) >= 11 is 0. The van der Waals surface area contributed by atoms with Gasteiger partial charge in [0.15, 0.2) is 5.82 Å². The maximum Gasteiger partial charge on any atom is 0.261 e. The fraction of sp³-hybridized carbons (Fsp3) is 0.375. The van der Waals surface area contributed by atoms with Crippen LogP contribution in [0.5, 0.6) is 0 Å². The van der Waals surface area contributed by atoms with Crippen molar-refractivity contribution in [1.29, 1.82) is 0 Å². The Hall–Kier alpha value is -2.35. The highest BCUT2D eigenvalue weighted by Crippen LogP contribution is 2.11. The Labute approximate surface area is 141 Å². The van der Waals surface area contributed by atoms with E-state index in [2.05, 4.69) is 15.1 Å². The third-order valence-corrected chi connectivity index (χ3v) is 4.78. The van der Waals surface area contributed by atoms with Crippen molar-refractivity contribution in [3.63, 3.8) is 0 Å². The normalized spacial score (nSPS) is 12.8. The maximum absolute atomic E-state index is 12.4. The predicted molar refractivity (Wildman–Crippen MR) is 91.1 cm³/mol. The molecule has 3 aromatic rings. The van der Waals surface area contributed by atoms with Crippen molar-refractivity contribution in [2.24, 2.45) is 0 Å². The van der Waals surface area contributed by atoms with E-state index in [1.54, 1.807) is 18.2 Å². The summed E-state index contributed by atoms with van der Waals surface area (Å²) in [5.74, 6) is 1.65. The van der Waals surface area contributed by atoms with Crippen molar-refractivity contribution in [1.82, 2.24) is 19.7 Å². The van der Waals surface area contributed by atoms with Gasteiger partial charge in [0, 0.05) is 29.0 Å². The summed E-state index contributed by atoms with van der Waals surface area (Å²) in [4.78, 5) is 20.8. The van der Waals surface area contributed by atoms with Crippen LogP contribution < -0.4 is 5.56 Å². The standard InChI is InChI=1S/C16H18N4O3S/c1-11(2)15-18-14(19-23-15)9-24(22)8-7-20-10-17-13-6-4-3-5-12(13)16(20)21/h3-6,10-11H,7-9H2,1-2H3. The van der Waals surface area contributed by atoms with E-state index < -0.39 is 10.8 Å². The minimum Gasteiger partial charge on any atom is -0.339 e. The van der Waals surface area contributed by atoms with E-state index in [4.69, 9.17) is 4.52 Å². The van der Waals surface area contributed by atoms with Crippen LogP contribution in [0.4, 0.5) is 0 Å². The van der Waals surface area contributed by atoms with Gasteiger partial charge in [-0.2, -0.15) is 4.98 Å². The van der Waals surface area contributed by atoms with Gasteiger partial charge in [0.25, 0.3) is 5.56 Å². The average molecular weight is 346 g/mol. The maximum atomic E-state index is 12.4. The number of hydrogen-bond donors (Lipinski definition) is 0. The molecule has 1 aromatic carbocycles. The quantitative estimate of drug-likeness (QED) is 0.676. The molecule has 0 saturated carbocycles. The number of fused-ring (bicyclic) bond motifs is 1. The molecule has 0 fully saturated rings. The van der Waals surface area contributed by atoms with Crippen molar-refractivity contribution in [2.75, 3.05) is 5.75 Å². The number of para-hydroxylation sites is 1. The molecule has 0 radical (unpaired) electrons. The van der Waals surface area contributed by atoms with Crippen LogP contribution in [0.1, 0.15) is 31.5 Å². The number of aromatic nitrogens is 4. The number of benzene rings is 1. The second-order valence-corrected chi connectivity index (χ2v) is 7.33. The summed E-state index contributed by atoms with van der Waals surface area (Å²) in [5, 5.41) is 4.39. The Morgan fingerprint density at radius 2 is 2.08 bits per heavy atom. The topological polar surface area (TPSA) is 90.9 Å². The molecule has 0 saturated heterocycles. The smallest absolute Gasteiger partial charge is 0.261 e. The first kappa shape index (κ1) is 16.5. The Kier molecular flexibility index (Phi) is 4.84. The number of rotatable bonds is 6. The molecule has 0 amide bonds. The monoisotopic (exact) mass is 346 g/mol. The summed E-state index contributed by atoms with van der Waals surface area (Å²) in [7, 11) is -1.19. The van der Waals surface area contributed by atoms with Crippen molar-refractivity contribution in [2.45, 2.75) is 32.1 Å². The number of hydrogen-bond acceptors (Lipinski definition) is 6. The first-order valence-corrected chi connectivity index (χ1v) is 9.15. The van der Waals surface area contributed by atoms with Gasteiger partial charge in [-0.05, 0) is 12.1 Å².